The van der Waals surface area contributed by atoms with Crippen molar-refractivity contribution in [3.05, 3.63) is 29.3 Å². The van der Waals surface area contributed by atoms with Crippen LogP contribution in [0.2, 0.25) is 0 Å². The molecule has 0 spiro atoms. The zero-order chi connectivity index (χ0) is 15.5. The molecule has 1 rings (SSSR count). The molecule has 0 heterocycles. The van der Waals surface area contributed by atoms with Crippen molar-refractivity contribution in [2.75, 3.05) is 12.9 Å². The Bertz CT molecular complexity index is 593. The Labute approximate surface area is 119 Å². The number of benzene rings is 1. The average molecular weight is 299 g/mol. The summed E-state index contributed by atoms with van der Waals surface area (Å²) in [5.41, 5.74) is 1.00. The highest BCUT2D eigenvalue weighted by molar-refractivity contribution is 7.90. The maximum atomic E-state index is 12.2. The summed E-state index contributed by atoms with van der Waals surface area (Å²) in [7, 11) is -3.36. The first-order valence-corrected chi connectivity index (χ1v) is 8.28. The molecule has 0 aromatic heterocycles. The van der Waals surface area contributed by atoms with E-state index in [1.807, 2.05) is 13.8 Å². The van der Waals surface area contributed by atoms with Crippen molar-refractivity contribution in [1.29, 1.82) is 0 Å². The summed E-state index contributed by atoms with van der Waals surface area (Å²) >= 11 is 0. The minimum atomic E-state index is -3.36. The first-order chi connectivity index (χ1) is 9.16. The van der Waals surface area contributed by atoms with Crippen LogP contribution in [-0.4, -0.2) is 38.3 Å². The summed E-state index contributed by atoms with van der Waals surface area (Å²) in [5, 5.41) is 12.0. The molecule has 1 atom stereocenters. The molecule has 112 valence electrons. The highest BCUT2D eigenvalue weighted by Crippen LogP contribution is 2.16. The second-order valence-electron chi connectivity index (χ2n) is 5.26. The van der Waals surface area contributed by atoms with Gasteiger partial charge in [0.1, 0.15) is 0 Å². The van der Waals surface area contributed by atoms with Crippen molar-refractivity contribution >= 4 is 15.7 Å². The van der Waals surface area contributed by atoms with Crippen LogP contribution in [0, 0.1) is 12.8 Å². The fourth-order valence-corrected chi connectivity index (χ4v) is 2.39. The second kappa shape index (κ2) is 6.37. The number of amides is 1. The van der Waals surface area contributed by atoms with E-state index < -0.39 is 9.84 Å². The number of carbonyl (C=O) groups excluding carboxylic acids is 1. The first-order valence-electron chi connectivity index (χ1n) is 6.39. The SMILES string of the molecule is Cc1ccc(S(C)(=O)=O)cc1C(=O)N[C@H](CO)C(C)C. The highest BCUT2D eigenvalue weighted by atomic mass is 32.2. The highest BCUT2D eigenvalue weighted by Gasteiger charge is 2.19. The third kappa shape index (κ3) is 4.05. The molecule has 0 aliphatic heterocycles. The zero-order valence-electron chi connectivity index (χ0n) is 12.2. The topological polar surface area (TPSA) is 83.5 Å². The summed E-state index contributed by atoms with van der Waals surface area (Å²) in [6.07, 6.45) is 1.10. The molecule has 0 radical (unpaired) electrons. The molecule has 5 nitrogen and oxygen atoms in total. The monoisotopic (exact) mass is 299 g/mol. The number of sulfone groups is 1. The van der Waals surface area contributed by atoms with Crippen LogP contribution in [0.3, 0.4) is 0 Å². The van der Waals surface area contributed by atoms with Crippen molar-refractivity contribution in [3.8, 4) is 0 Å². The molecule has 0 saturated carbocycles. The molecule has 0 aliphatic carbocycles. The minimum Gasteiger partial charge on any atom is -0.394 e. The van der Waals surface area contributed by atoms with Gasteiger partial charge in [0.25, 0.3) is 5.91 Å². The van der Waals surface area contributed by atoms with Crippen LogP contribution in [0.4, 0.5) is 0 Å². The predicted molar refractivity (Wildman–Crippen MR) is 77.5 cm³/mol. The lowest BCUT2D eigenvalue weighted by Crippen LogP contribution is -2.41. The Morgan fingerprint density at radius 1 is 1.35 bits per heavy atom. The van der Waals surface area contributed by atoms with E-state index in [4.69, 9.17) is 0 Å². The molecule has 1 amide bonds. The lowest BCUT2D eigenvalue weighted by molar-refractivity contribution is 0.0896. The average Bonchev–Trinajstić information content (AvgIpc) is 2.34. The molecule has 20 heavy (non-hydrogen) atoms. The summed E-state index contributed by atoms with van der Waals surface area (Å²) in [5.74, 6) is -0.289. The Hall–Kier alpha value is -1.40. The molecule has 0 fully saturated rings. The lowest BCUT2D eigenvalue weighted by atomic mass is 10.0. The predicted octanol–water partition coefficient (Wildman–Crippen LogP) is 1.15. The van der Waals surface area contributed by atoms with E-state index in [0.717, 1.165) is 6.26 Å². The summed E-state index contributed by atoms with van der Waals surface area (Å²) in [6.45, 7) is 5.36. The zero-order valence-corrected chi connectivity index (χ0v) is 13.0. The molecule has 1 aromatic rings. The van der Waals surface area contributed by atoms with Crippen LogP contribution in [0.1, 0.15) is 29.8 Å². The number of hydrogen-bond acceptors (Lipinski definition) is 4. The largest absolute Gasteiger partial charge is 0.394 e. The quantitative estimate of drug-likeness (QED) is 0.854. The van der Waals surface area contributed by atoms with Crippen LogP contribution in [-0.2, 0) is 9.84 Å². The minimum absolute atomic E-state index is 0.0855. The molecule has 1 aromatic carbocycles. The number of rotatable bonds is 5. The van der Waals surface area contributed by atoms with Gasteiger partial charge in [-0.25, -0.2) is 8.42 Å². The van der Waals surface area contributed by atoms with Crippen LogP contribution < -0.4 is 5.32 Å². The van der Waals surface area contributed by atoms with Gasteiger partial charge >= 0.3 is 0 Å². The summed E-state index contributed by atoms with van der Waals surface area (Å²) in [6, 6.07) is 4.10. The Morgan fingerprint density at radius 2 is 1.95 bits per heavy atom. The van der Waals surface area contributed by atoms with Gasteiger partial charge in [-0.05, 0) is 30.5 Å². The van der Waals surface area contributed by atoms with Gasteiger partial charge < -0.3 is 10.4 Å². The van der Waals surface area contributed by atoms with E-state index in [1.165, 1.54) is 12.1 Å². The fourth-order valence-electron chi connectivity index (χ4n) is 1.75. The fraction of sp³-hybridized carbons (Fsp3) is 0.500. The smallest absolute Gasteiger partial charge is 0.251 e. The number of carbonyl (C=O) groups is 1. The van der Waals surface area contributed by atoms with Crippen LogP contribution in [0.5, 0.6) is 0 Å². The van der Waals surface area contributed by atoms with E-state index in [9.17, 15) is 18.3 Å². The van der Waals surface area contributed by atoms with Gasteiger partial charge in [0.15, 0.2) is 9.84 Å². The molecular formula is C14H21NO4S. The van der Waals surface area contributed by atoms with Gasteiger partial charge in [-0.15, -0.1) is 0 Å². The maximum absolute atomic E-state index is 12.2. The lowest BCUT2D eigenvalue weighted by Gasteiger charge is -2.20. The first kappa shape index (κ1) is 16.7. The van der Waals surface area contributed by atoms with Crippen LogP contribution in [0.25, 0.3) is 0 Å². The van der Waals surface area contributed by atoms with E-state index in [0.29, 0.717) is 11.1 Å². The van der Waals surface area contributed by atoms with Crippen molar-refractivity contribution in [3.63, 3.8) is 0 Å². The van der Waals surface area contributed by atoms with Gasteiger partial charge in [0.05, 0.1) is 17.5 Å². The van der Waals surface area contributed by atoms with E-state index in [2.05, 4.69) is 5.32 Å². The van der Waals surface area contributed by atoms with Gasteiger partial charge in [0, 0.05) is 11.8 Å². The number of aryl methyl sites for hydroxylation is 1. The Kier molecular flexibility index (Phi) is 5.30. The standard InChI is InChI=1S/C14H21NO4S/c1-9(2)13(8-16)15-14(17)12-7-11(20(4,18)19)6-5-10(12)3/h5-7,9,13,16H,8H2,1-4H3,(H,15,17)/t13-/m1/s1. The summed E-state index contributed by atoms with van der Waals surface area (Å²) in [4.78, 5) is 12.3. The van der Waals surface area contributed by atoms with Crippen molar-refractivity contribution in [1.82, 2.24) is 5.32 Å². The third-order valence-corrected chi connectivity index (χ3v) is 4.31. The summed E-state index contributed by atoms with van der Waals surface area (Å²) < 4.78 is 23.1. The van der Waals surface area contributed by atoms with Crippen molar-refractivity contribution in [2.45, 2.75) is 31.7 Å². The molecular weight excluding hydrogens is 278 g/mol. The number of aliphatic hydroxyl groups is 1. The maximum Gasteiger partial charge on any atom is 0.251 e. The van der Waals surface area contributed by atoms with Gasteiger partial charge in [0.2, 0.25) is 0 Å². The molecule has 0 aliphatic rings. The van der Waals surface area contributed by atoms with Gasteiger partial charge in [-0.2, -0.15) is 0 Å². The van der Waals surface area contributed by atoms with Crippen LogP contribution in [0.15, 0.2) is 23.1 Å². The number of aliphatic hydroxyl groups excluding tert-OH is 1. The normalized spacial score (nSPS) is 13.3. The number of hydrogen-bond donors (Lipinski definition) is 2. The molecule has 6 heteroatoms. The third-order valence-electron chi connectivity index (χ3n) is 3.20. The molecule has 2 N–H and O–H groups in total. The molecule has 0 saturated heterocycles. The number of nitrogens with one attached hydrogen (secondary N) is 1. The van der Waals surface area contributed by atoms with E-state index in [-0.39, 0.29) is 29.4 Å². The molecule has 0 unspecified atom stereocenters. The Balaban J connectivity index is 3.10. The van der Waals surface area contributed by atoms with E-state index >= 15 is 0 Å². The van der Waals surface area contributed by atoms with Crippen molar-refractivity contribution in [2.24, 2.45) is 5.92 Å². The van der Waals surface area contributed by atoms with Gasteiger partial charge in [-0.1, -0.05) is 19.9 Å². The Morgan fingerprint density at radius 3 is 2.40 bits per heavy atom. The van der Waals surface area contributed by atoms with Crippen molar-refractivity contribution < 1.29 is 18.3 Å². The molecule has 0 bridgehead atoms. The second-order valence-corrected chi connectivity index (χ2v) is 7.27. The van der Waals surface area contributed by atoms with Gasteiger partial charge in [-0.3, -0.25) is 4.79 Å². The van der Waals surface area contributed by atoms with E-state index in [1.54, 1.807) is 13.0 Å². The van der Waals surface area contributed by atoms with Crippen LogP contribution >= 0.6 is 0 Å².